The number of hydrogen-bond donors (Lipinski definition) is 3. The van der Waals surface area contributed by atoms with E-state index in [-0.39, 0.29) is 18.4 Å². The van der Waals surface area contributed by atoms with Gasteiger partial charge in [-0.05, 0) is 49.4 Å². The van der Waals surface area contributed by atoms with Crippen LogP contribution < -0.4 is 10.2 Å². The third-order valence-corrected chi connectivity index (χ3v) is 5.13. The molecular weight excluding hydrogens is 468 g/mol. The van der Waals surface area contributed by atoms with Crippen LogP contribution in [0.4, 0.5) is 16.6 Å². The third kappa shape index (κ3) is 7.88. The van der Waals surface area contributed by atoms with Gasteiger partial charge in [-0.15, -0.1) is 0 Å². The Hall–Kier alpha value is -3.27. The first kappa shape index (κ1) is 28.0. The van der Waals surface area contributed by atoms with Crippen LogP contribution >= 0.6 is 11.6 Å². The van der Waals surface area contributed by atoms with E-state index in [1.807, 2.05) is 43.3 Å². The molecule has 1 atom stereocenters. The van der Waals surface area contributed by atoms with E-state index < -0.39 is 11.9 Å². The number of aliphatic hydroxyl groups is 2. The minimum atomic E-state index is -2.25. The van der Waals surface area contributed by atoms with Crippen molar-refractivity contribution >= 4 is 41.7 Å². The Balaban J connectivity index is 0.00000137. The van der Waals surface area contributed by atoms with Crippen molar-refractivity contribution in [3.8, 4) is 0 Å². The largest absolute Gasteiger partial charge is 0.351 e. The van der Waals surface area contributed by atoms with Crippen LogP contribution in [0.25, 0.3) is 5.57 Å². The number of allylic oxidation sites excluding steroid dienone is 2. The zero-order chi connectivity index (χ0) is 26.0. The highest BCUT2D eigenvalue weighted by atomic mass is 35.5. The van der Waals surface area contributed by atoms with Crippen LogP contribution in [0.2, 0.25) is 5.02 Å². The summed E-state index contributed by atoms with van der Waals surface area (Å²) in [5, 5.41) is 23.6. The lowest BCUT2D eigenvalue weighted by atomic mass is 10.1. The van der Waals surface area contributed by atoms with Gasteiger partial charge < -0.3 is 15.5 Å². The number of carbonyl (C=O) groups is 1. The van der Waals surface area contributed by atoms with E-state index in [0.29, 0.717) is 17.4 Å². The van der Waals surface area contributed by atoms with E-state index in [9.17, 15) is 15.0 Å². The molecule has 0 radical (unpaired) electrons. The van der Waals surface area contributed by atoms with E-state index in [4.69, 9.17) is 11.6 Å². The second kappa shape index (κ2) is 13.0. The van der Waals surface area contributed by atoms with E-state index in [2.05, 4.69) is 40.8 Å². The molecule has 1 aliphatic rings. The molecule has 1 fully saturated rings. The number of nitrogens with one attached hydrogen (secondary N) is 1. The lowest BCUT2D eigenvalue weighted by molar-refractivity contribution is -0.214. The molecular formula is C25H33ClN6O3. The van der Waals surface area contributed by atoms with Gasteiger partial charge in [-0.2, -0.15) is 4.98 Å². The molecule has 10 heteroatoms. The summed E-state index contributed by atoms with van der Waals surface area (Å²) >= 11 is 6.08. The highest BCUT2D eigenvalue weighted by Gasteiger charge is 2.46. The van der Waals surface area contributed by atoms with Gasteiger partial charge >= 0.3 is 6.03 Å². The van der Waals surface area contributed by atoms with Crippen molar-refractivity contribution in [3.05, 3.63) is 65.5 Å². The summed E-state index contributed by atoms with van der Waals surface area (Å²) in [6.07, 6.45) is 9.01. The fourth-order valence-electron chi connectivity index (χ4n) is 3.13. The number of halogens is 1. The van der Waals surface area contributed by atoms with Gasteiger partial charge in [-0.1, -0.05) is 56.2 Å². The Bertz CT molecular complexity index is 1070. The van der Waals surface area contributed by atoms with Crippen molar-refractivity contribution in [1.29, 1.82) is 0 Å². The zero-order valence-electron chi connectivity index (χ0n) is 20.5. The molecule has 2 amide bonds. The molecule has 0 bridgehead atoms. The van der Waals surface area contributed by atoms with Crippen molar-refractivity contribution in [2.75, 3.05) is 23.8 Å². The van der Waals surface area contributed by atoms with Crippen LogP contribution in [0, 0.1) is 0 Å². The Kier molecular flexibility index (Phi) is 10.4. The van der Waals surface area contributed by atoms with Crippen LogP contribution in [-0.2, 0) is 0 Å². The number of urea groups is 1. The topological polar surface area (TPSA) is 114 Å². The maximum Gasteiger partial charge on any atom is 0.329 e. The predicted molar refractivity (Wildman–Crippen MR) is 141 cm³/mol. The molecule has 0 saturated carbocycles. The fourth-order valence-corrected chi connectivity index (χ4v) is 3.32. The predicted octanol–water partition coefficient (Wildman–Crippen LogP) is 4.54. The molecule has 1 aliphatic heterocycles. The number of anilines is 2. The van der Waals surface area contributed by atoms with Crippen LogP contribution in [0.1, 0.15) is 39.2 Å². The number of carbonyl (C=O) groups excluding carboxylic acids is 1. The number of benzene rings is 1. The highest BCUT2D eigenvalue weighted by Crippen LogP contribution is 2.25. The van der Waals surface area contributed by atoms with Crippen LogP contribution in [0.3, 0.4) is 0 Å². The molecule has 3 N–H and O–H groups in total. The molecule has 1 saturated heterocycles. The molecule has 1 aromatic carbocycles. The molecule has 2 aromatic rings. The highest BCUT2D eigenvalue weighted by molar-refractivity contribution is 6.30. The summed E-state index contributed by atoms with van der Waals surface area (Å²) in [7, 11) is 1.31. The van der Waals surface area contributed by atoms with Crippen LogP contribution in [-0.4, -0.2) is 63.4 Å². The molecule has 35 heavy (non-hydrogen) atoms. The molecule has 0 spiro atoms. The first-order chi connectivity index (χ1) is 16.6. The van der Waals surface area contributed by atoms with Gasteiger partial charge in [0.15, 0.2) is 0 Å². The molecule has 9 nitrogen and oxygen atoms in total. The van der Waals surface area contributed by atoms with Crippen molar-refractivity contribution in [2.24, 2.45) is 4.99 Å². The van der Waals surface area contributed by atoms with Gasteiger partial charge in [0.2, 0.25) is 5.95 Å². The van der Waals surface area contributed by atoms with Crippen molar-refractivity contribution in [2.45, 2.75) is 45.6 Å². The van der Waals surface area contributed by atoms with Crippen LogP contribution in [0.15, 0.2) is 59.9 Å². The quantitative estimate of drug-likeness (QED) is 0.278. The molecule has 1 aromatic heterocycles. The number of aliphatic imine (C=N–C) groups is 1. The molecule has 188 valence electrons. The lowest BCUT2D eigenvalue weighted by Gasteiger charge is -2.20. The molecule has 2 heterocycles. The third-order valence-electron chi connectivity index (χ3n) is 4.89. The summed E-state index contributed by atoms with van der Waals surface area (Å²) in [6, 6.07) is 8.43. The zero-order valence-corrected chi connectivity index (χ0v) is 21.3. The van der Waals surface area contributed by atoms with E-state index in [0.717, 1.165) is 16.0 Å². The van der Waals surface area contributed by atoms with Gasteiger partial charge in [0, 0.05) is 30.5 Å². The number of likely N-dealkylation sites (N-methyl/N-ethyl adjacent to an activating group) is 1. The Labute approximate surface area is 211 Å². The van der Waals surface area contributed by atoms with Gasteiger partial charge in [0.1, 0.15) is 12.4 Å². The summed E-state index contributed by atoms with van der Waals surface area (Å²) < 4.78 is 0. The van der Waals surface area contributed by atoms with E-state index >= 15 is 0 Å². The van der Waals surface area contributed by atoms with Gasteiger partial charge in [-0.25, -0.2) is 9.78 Å². The molecule has 1 unspecified atom stereocenters. The summed E-state index contributed by atoms with van der Waals surface area (Å²) in [5.74, 6) is -1.65. The number of amides is 2. The smallest absolute Gasteiger partial charge is 0.329 e. The summed E-state index contributed by atoms with van der Waals surface area (Å²) in [6.45, 7) is 9.43. The number of β-amino-alcohol motifs (C(OH)–C–C–N with tert-alkyl or cyclic N) is 2. The first-order valence-electron chi connectivity index (χ1n) is 11.3. The maximum atomic E-state index is 12.3. The van der Waals surface area contributed by atoms with E-state index in [1.165, 1.54) is 30.6 Å². The first-order valence-corrected chi connectivity index (χ1v) is 11.7. The van der Waals surface area contributed by atoms with Crippen molar-refractivity contribution in [1.82, 2.24) is 14.9 Å². The SMILES string of the molecule is C=N/C=C(\C=C/CC(C)Nc1nccc(N2CC(O)(O)N(C)C2=O)n1)c1cccc(Cl)c1.CCC. The Morgan fingerprint density at radius 1 is 1.37 bits per heavy atom. The minimum absolute atomic E-state index is 0.0227. The van der Waals surface area contributed by atoms with Crippen molar-refractivity contribution < 1.29 is 15.0 Å². The Morgan fingerprint density at radius 2 is 2.09 bits per heavy atom. The Morgan fingerprint density at radius 3 is 2.69 bits per heavy atom. The standard InChI is InChI=1S/C22H25ClN6O3.C3H8/c1-15(6-4-8-17(13-24-2)16-7-5-9-18(23)12-16)26-20-25-11-10-19(27-20)29-14-22(31,32)28(3)21(29)30;1-3-2/h4-5,7-13,15,31-32H,2,6,14H2,1,3H3,(H,25,26,27);3H2,1-2H3/b8-4-,17-13+;. The summed E-state index contributed by atoms with van der Waals surface area (Å²) in [5.41, 5.74) is 1.81. The normalized spacial score (nSPS) is 16.2. The average molecular weight is 501 g/mol. The van der Waals surface area contributed by atoms with E-state index in [1.54, 1.807) is 6.20 Å². The second-order valence-electron chi connectivity index (χ2n) is 8.11. The second-order valence-corrected chi connectivity index (χ2v) is 8.54. The maximum absolute atomic E-state index is 12.3. The lowest BCUT2D eigenvalue weighted by Crippen LogP contribution is -2.44. The minimum Gasteiger partial charge on any atom is -0.351 e. The monoisotopic (exact) mass is 500 g/mol. The summed E-state index contributed by atoms with van der Waals surface area (Å²) in [4.78, 5) is 26.7. The van der Waals surface area contributed by atoms with Gasteiger partial charge in [0.05, 0.1) is 0 Å². The number of nitrogens with zero attached hydrogens (tertiary/aromatic N) is 5. The number of hydrogen-bond acceptors (Lipinski definition) is 7. The number of rotatable bonds is 8. The number of aromatic nitrogens is 2. The van der Waals surface area contributed by atoms with Crippen molar-refractivity contribution in [3.63, 3.8) is 0 Å². The van der Waals surface area contributed by atoms with Crippen LogP contribution in [0.5, 0.6) is 0 Å². The fraction of sp³-hybridized carbons (Fsp3) is 0.360. The molecule has 3 rings (SSSR count). The average Bonchev–Trinajstić information content (AvgIpc) is 3.02. The molecule has 0 aliphatic carbocycles. The van der Waals surface area contributed by atoms with Gasteiger partial charge in [0.25, 0.3) is 5.91 Å². The van der Waals surface area contributed by atoms with Gasteiger partial charge in [-0.3, -0.25) is 14.8 Å².